The van der Waals surface area contributed by atoms with Crippen molar-refractivity contribution in [3.63, 3.8) is 0 Å². The summed E-state index contributed by atoms with van der Waals surface area (Å²) >= 11 is 6.77. The van der Waals surface area contributed by atoms with Crippen molar-refractivity contribution in [2.75, 3.05) is 23.9 Å². The Morgan fingerprint density at radius 3 is 2.84 bits per heavy atom. The second kappa shape index (κ2) is 6.05. The lowest BCUT2D eigenvalue weighted by atomic mass is 10.1. The fraction of sp³-hybridized carbons (Fsp3) is 0.385. The molecule has 0 spiro atoms. The predicted molar refractivity (Wildman–Crippen MR) is 79.7 cm³/mol. The Hall–Kier alpha value is -0.880. The van der Waals surface area contributed by atoms with Gasteiger partial charge in [0.05, 0.1) is 18.4 Å². The van der Waals surface area contributed by atoms with E-state index in [-0.39, 0.29) is 11.8 Å². The number of carbonyl (C=O) groups is 2. The quantitative estimate of drug-likeness (QED) is 0.588. The van der Waals surface area contributed by atoms with Crippen LogP contribution >= 0.6 is 31.9 Å². The molecule has 102 valence electrons. The van der Waals surface area contributed by atoms with Crippen molar-refractivity contribution < 1.29 is 14.3 Å². The minimum atomic E-state index is -0.433. The van der Waals surface area contributed by atoms with Crippen LogP contribution in [0, 0.1) is 5.92 Å². The number of halogens is 2. The van der Waals surface area contributed by atoms with Gasteiger partial charge in [0.25, 0.3) is 0 Å². The van der Waals surface area contributed by atoms with Crippen LogP contribution < -0.4 is 4.90 Å². The molecule has 0 radical (unpaired) electrons. The average molecular weight is 391 g/mol. The molecule has 0 N–H and O–H groups in total. The Labute approximate surface area is 128 Å². The van der Waals surface area contributed by atoms with E-state index in [1.807, 2.05) is 0 Å². The maximum Gasteiger partial charge on any atom is 0.339 e. The molecule has 6 heteroatoms. The van der Waals surface area contributed by atoms with Gasteiger partial charge >= 0.3 is 5.97 Å². The van der Waals surface area contributed by atoms with E-state index in [0.29, 0.717) is 24.2 Å². The highest BCUT2D eigenvalue weighted by atomic mass is 79.9. The molecule has 1 atom stereocenters. The first-order valence-corrected chi connectivity index (χ1v) is 7.72. The monoisotopic (exact) mass is 389 g/mol. The Balaban J connectivity index is 2.41. The third kappa shape index (κ3) is 3.00. The van der Waals surface area contributed by atoms with Crippen molar-refractivity contribution >= 4 is 49.4 Å². The maximum atomic E-state index is 12.1. The van der Waals surface area contributed by atoms with E-state index < -0.39 is 5.97 Å². The standard InChI is InChI=1S/C13H13Br2NO3/c1-19-13(18)10-3-2-9(15)5-11(10)16-7-8(6-14)4-12(16)17/h2-3,5,8H,4,6-7H2,1H3. The Morgan fingerprint density at radius 1 is 1.53 bits per heavy atom. The number of anilines is 1. The smallest absolute Gasteiger partial charge is 0.339 e. The second-order valence-corrected chi connectivity index (χ2v) is 5.95. The molecule has 0 bridgehead atoms. The largest absolute Gasteiger partial charge is 0.465 e. The lowest BCUT2D eigenvalue weighted by molar-refractivity contribution is -0.117. The van der Waals surface area contributed by atoms with E-state index in [9.17, 15) is 9.59 Å². The van der Waals surface area contributed by atoms with Crippen LogP contribution in [-0.4, -0.2) is 30.9 Å². The summed E-state index contributed by atoms with van der Waals surface area (Å²) in [5, 5.41) is 0.775. The summed E-state index contributed by atoms with van der Waals surface area (Å²) in [7, 11) is 1.33. The Bertz CT molecular complexity index is 519. The van der Waals surface area contributed by atoms with Crippen LogP contribution in [0.15, 0.2) is 22.7 Å². The number of methoxy groups -OCH3 is 1. The molecule has 19 heavy (non-hydrogen) atoms. The molecule has 0 aromatic heterocycles. The van der Waals surface area contributed by atoms with Gasteiger partial charge in [0, 0.05) is 22.8 Å². The third-order valence-corrected chi connectivity index (χ3v) is 4.49. The third-order valence-electron chi connectivity index (χ3n) is 3.08. The number of rotatable bonds is 3. The second-order valence-electron chi connectivity index (χ2n) is 4.38. The first-order chi connectivity index (χ1) is 9.06. The van der Waals surface area contributed by atoms with Crippen molar-refractivity contribution in [3.8, 4) is 0 Å². The number of hydrogen-bond acceptors (Lipinski definition) is 3. The molecule has 1 aromatic rings. The number of benzene rings is 1. The van der Waals surface area contributed by atoms with E-state index >= 15 is 0 Å². The highest BCUT2D eigenvalue weighted by Crippen LogP contribution is 2.31. The molecule has 1 amide bonds. The summed E-state index contributed by atoms with van der Waals surface area (Å²) < 4.78 is 5.59. The SMILES string of the molecule is COC(=O)c1ccc(Br)cc1N1CC(CBr)CC1=O. The number of nitrogens with zero attached hydrogens (tertiary/aromatic N) is 1. The van der Waals surface area contributed by atoms with Gasteiger partial charge in [0.15, 0.2) is 0 Å². The predicted octanol–water partition coefficient (Wildman–Crippen LogP) is 2.98. The van der Waals surface area contributed by atoms with Gasteiger partial charge in [-0.05, 0) is 24.1 Å². The molecule has 1 unspecified atom stereocenters. The van der Waals surface area contributed by atoms with E-state index in [4.69, 9.17) is 4.74 Å². The number of esters is 1. The van der Waals surface area contributed by atoms with Gasteiger partial charge in [0.2, 0.25) is 5.91 Å². The van der Waals surface area contributed by atoms with Gasteiger partial charge in [0.1, 0.15) is 0 Å². The average Bonchev–Trinajstić information content (AvgIpc) is 2.79. The molecule has 1 fully saturated rings. The van der Waals surface area contributed by atoms with Gasteiger partial charge in [-0.15, -0.1) is 0 Å². The summed E-state index contributed by atoms with van der Waals surface area (Å²) in [4.78, 5) is 25.5. The minimum Gasteiger partial charge on any atom is -0.465 e. The molecular formula is C13H13Br2NO3. The first kappa shape index (κ1) is 14.5. The molecular weight excluding hydrogens is 378 g/mol. The highest BCUT2D eigenvalue weighted by molar-refractivity contribution is 9.10. The molecule has 0 aliphatic carbocycles. The molecule has 4 nitrogen and oxygen atoms in total. The number of hydrogen-bond donors (Lipinski definition) is 0. The Kier molecular flexibility index (Phi) is 4.62. The summed E-state index contributed by atoms with van der Waals surface area (Å²) in [5.74, 6) is -0.123. The molecule has 1 aliphatic heterocycles. The van der Waals surface area contributed by atoms with Crippen molar-refractivity contribution in [2.45, 2.75) is 6.42 Å². The molecule has 0 saturated carbocycles. The summed E-state index contributed by atoms with van der Waals surface area (Å²) in [6, 6.07) is 5.21. The maximum absolute atomic E-state index is 12.1. The normalized spacial score (nSPS) is 18.8. The number of ether oxygens (including phenoxy) is 1. The highest BCUT2D eigenvalue weighted by Gasteiger charge is 2.32. The Morgan fingerprint density at radius 2 is 2.26 bits per heavy atom. The topological polar surface area (TPSA) is 46.6 Å². The van der Waals surface area contributed by atoms with Crippen LogP contribution in [0.25, 0.3) is 0 Å². The molecule has 1 heterocycles. The number of alkyl halides is 1. The lowest BCUT2D eigenvalue weighted by Crippen LogP contribution is -2.27. The van der Waals surface area contributed by atoms with Gasteiger partial charge in [-0.2, -0.15) is 0 Å². The fourth-order valence-corrected chi connectivity index (χ4v) is 2.91. The van der Waals surface area contributed by atoms with Crippen molar-refractivity contribution in [3.05, 3.63) is 28.2 Å². The van der Waals surface area contributed by atoms with Crippen LogP contribution in [0.3, 0.4) is 0 Å². The van der Waals surface area contributed by atoms with Crippen LogP contribution in [0.4, 0.5) is 5.69 Å². The van der Waals surface area contributed by atoms with Crippen LogP contribution in [-0.2, 0) is 9.53 Å². The first-order valence-electron chi connectivity index (χ1n) is 5.81. The van der Waals surface area contributed by atoms with Gasteiger partial charge in [-0.3, -0.25) is 4.79 Å². The summed E-state index contributed by atoms with van der Waals surface area (Å²) in [6.07, 6.45) is 0.498. The van der Waals surface area contributed by atoms with Crippen molar-refractivity contribution in [1.82, 2.24) is 0 Å². The number of amides is 1. The van der Waals surface area contributed by atoms with Gasteiger partial charge < -0.3 is 9.64 Å². The molecule has 1 aliphatic rings. The fourth-order valence-electron chi connectivity index (χ4n) is 2.13. The lowest BCUT2D eigenvalue weighted by Gasteiger charge is -2.19. The molecule has 1 saturated heterocycles. The molecule has 1 aromatic carbocycles. The van der Waals surface area contributed by atoms with Crippen molar-refractivity contribution in [1.29, 1.82) is 0 Å². The van der Waals surface area contributed by atoms with Crippen LogP contribution in [0.1, 0.15) is 16.8 Å². The summed E-state index contributed by atoms with van der Waals surface area (Å²) in [6.45, 7) is 0.616. The van der Waals surface area contributed by atoms with E-state index in [0.717, 1.165) is 9.80 Å². The van der Waals surface area contributed by atoms with Crippen molar-refractivity contribution in [2.24, 2.45) is 5.92 Å². The molecule has 2 rings (SSSR count). The van der Waals surface area contributed by atoms with E-state index in [2.05, 4.69) is 31.9 Å². The van der Waals surface area contributed by atoms with E-state index in [1.54, 1.807) is 23.1 Å². The zero-order valence-electron chi connectivity index (χ0n) is 10.4. The summed E-state index contributed by atoms with van der Waals surface area (Å²) in [5.41, 5.74) is 1.02. The van der Waals surface area contributed by atoms with Crippen LogP contribution in [0.2, 0.25) is 0 Å². The van der Waals surface area contributed by atoms with Gasteiger partial charge in [-0.1, -0.05) is 31.9 Å². The van der Waals surface area contributed by atoms with Crippen LogP contribution in [0.5, 0.6) is 0 Å². The number of carbonyl (C=O) groups excluding carboxylic acids is 2. The van der Waals surface area contributed by atoms with E-state index in [1.165, 1.54) is 7.11 Å². The van der Waals surface area contributed by atoms with Gasteiger partial charge in [-0.25, -0.2) is 4.79 Å². The zero-order valence-corrected chi connectivity index (χ0v) is 13.5. The minimum absolute atomic E-state index is 0.0349. The zero-order chi connectivity index (χ0) is 14.0.